The van der Waals surface area contributed by atoms with Gasteiger partial charge in [0.05, 0.1) is 30.4 Å². The van der Waals surface area contributed by atoms with Gasteiger partial charge in [-0.1, -0.05) is 42.5 Å². The largest absolute Gasteiger partial charge is 0.497 e. The molecule has 2 N–H and O–H groups in total. The minimum Gasteiger partial charge on any atom is -0.497 e. The van der Waals surface area contributed by atoms with Crippen LogP contribution < -0.4 is 10.1 Å². The number of hydrogen-bond donors (Lipinski definition) is 2. The number of hydrogen-bond acceptors (Lipinski definition) is 4. The minimum absolute atomic E-state index is 0.134. The molecule has 1 aliphatic rings. The van der Waals surface area contributed by atoms with Crippen LogP contribution in [0.3, 0.4) is 0 Å². The molecule has 1 amide bonds. The zero-order valence-electron chi connectivity index (χ0n) is 17.9. The maximum Gasteiger partial charge on any atom is 0.252 e. The number of aromatic nitrogens is 3. The van der Waals surface area contributed by atoms with Gasteiger partial charge in [-0.25, -0.2) is 4.98 Å². The molecule has 6 rings (SSSR count). The number of carbonyl (C=O) groups excluding carboxylic acids is 1. The number of methoxy groups -OCH3 is 1. The van der Waals surface area contributed by atoms with E-state index < -0.39 is 0 Å². The number of nitrogens with one attached hydrogen (secondary N) is 2. The molecule has 5 aromatic rings. The molecule has 6 nitrogen and oxygen atoms in total. The highest BCUT2D eigenvalue weighted by atomic mass is 16.5. The van der Waals surface area contributed by atoms with Gasteiger partial charge in [-0.2, -0.15) is 0 Å². The van der Waals surface area contributed by atoms with Crippen LogP contribution in [-0.2, 0) is 0 Å². The first-order valence-electron chi connectivity index (χ1n) is 10.7. The van der Waals surface area contributed by atoms with Crippen LogP contribution in [0.5, 0.6) is 5.75 Å². The zero-order chi connectivity index (χ0) is 22.4. The molecular formula is C27H20N4O2. The lowest BCUT2D eigenvalue weighted by Gasteiger charge is -2.16. The van der Waals surface area contributed by atoms with E-state index in [1.807, 2.05) is 24.3 Å². The Morgan fingerprint density at radius 3 is 2.55 bits per heavy atom. The Morgan fingerprint density at radius 2 is 1.73 bits per heavy atom. The summed E-state index contributed by atoms with van der Waals surface area (Å²) in [6, 6.07) is 23.1. The molecule has 0 spiro atoms. The molecule has 0 unspecified atom stereocenters. The van der Waals surface area contributed by atoms with E-state index in [2.05, 4.69) is 39.6 Å². The SMILES string of the molecule is COc1ccc(C(=O)N[C@@H]2c3ccccc3-c3c(-c4nc5ccncc5[nH]4)cccc32)cc1. The van der Waals surface area contributed by atoms with Crippen LogP contribution in [0, 0.1) is 0 Å². The first kappa shape index (κ1) is 19.3. The Labute approximate surface area is 190 Å². The maximum atomic E-state index is 13.1. The monoisotopic (exact) mass is 432 g/mol. The topological polar surface area (TPSA) is 79.9 Å². The second-order valence-corrected chi connectivity index (χ2v) is 7.97. The van der Waals surface area contributed by atoms with Gasteiger partial charge in [0.15, 0.2) is 0 Å². The van der Waals surface area contributed by atoms with Crippen LogP contribution in [0.1, 0.15) is 27.5 Å². The number of imidazole rings is 1. The normalized spacial score (nSPS) is 14.0. The fourth-order valence-electron chi connectivity index (χ4n) is 4.55. The standard InChI is InChI=1S/C27H20N4O2/c1-33-17-11-9-16(10-12-17)27(32)31-25-19-6-3-2-5-18(19)24-20(25)7-4-8-21(24)26-29-22-13-14-28-15-23(22)30-26/h2-15,25H,1H3,(H,29,30)(H,31,32)/t25-/m1/s1. The predicted molar refractivity (Wildman–Crippen MR) is 127 cm³/mol. The second-order valence-electron chi connectivity index (χ2n) is 7.97. The number of rotatable bonds is 4. The molecule has 0 radical (unpaired) electrons. The molecule has 3 aromatic carbocycles. The lowest BCUT2D eigenvalue weighted by molar-refractivity contribution is 0.0943. The Kier molecular flexibility index (Phi) is 4.43. The quantitative estimate of drug-likeness (QED) is 0.412. The molecule has 6 heteroatoms. The van der Waals surface area contributed by atoms with Gasteiger partial charge in [0.1, 0.15) is 11.6 Å². The molecular weight excluding hydrogens is 412 g/mol. The third-order valence-electron chi connectivity index (χ3n) is 6.11. The van der Waals surface area contributed by atoms with E-state index in [0.29, 0.717) is 11.3 Å². The van der Waals surface area contributed by atoms with E-state index >= 15 is 0 Å². The minimum atomic E-state index is -0.253. The lowest BCUT2D eigenvalue weighted by Crippen LogP contribution is -2.28. The summed E-state index contributed by atoms with van der Waals surface area (Å²) in [5, 5.41) is 3.23. The maximum absolute atomic E-state index is 13.1. The molecule has 160 valence electrons. The zero-order valence-corrected chi connectivity index (χ0v) is 17.9. The number of fused-ring (bicyclic) bond motifs is 4. The number of ether oxygens (including phenoxy) is 1. The van der Waals surface area contributed by atoms with E-state index in [1.165, 1.54) is 0 Å². The van der Waals surface area contributed by atoms with Crippen LogP contribution in [0.25, 0.3) is 33.5 Å². The number of benzene rings is 3. The van der Waals surface area contributed by atoms with E-state index in [1.54, 1.807) is 43.8 Å². The van der Waals surface area contributed by atoms with Crippen molar-refractivity contribution in [1.29, 1.82) is 0 Å². The van der Waals surface area contributed by atoms with Gasteiger partial charge in [-0.05, 0) is 52.6 Å². The summed E-state index contributed by atoms with van der Waals surface area (Å²) in [6.07, 6.45) is 3.52. The molecule has 1 atom stereocenters. The van der Waals surface area contributed by atoms with Crippen LogP contribution in [-0.4, -0.2) is 28.0 Å². The molecule has 2 aromatic heterocycles. The van der Waals surface area contributed by atoms with Crippen molar-refractivity contribution < 1.29 is 9.53 Å². The van der Waals surface area contributed by atoms with Gasteiger partial charge < -0.3 is 15.0 Å². The van der Waals surface area contributed by atoms with Crippen LogP contribution in [0.4, 0.5) is 0 Å². The molecule has 1 aliphatic carbocycles. The van der Waals surface area contributed by atoms with E-state index in [9.17, 15) is 4.79 Å². The van der Waals surface area contributed by atoms with Crippen molar-refractivity contribution >= 4 is 16.9 Å². The number of carbonyl (C=O) groups is 1. The van der Waals surface area contributed by atoms with E-state index in [4.69, 9.17) is 9.72 Å². The summed E-state index contributed by atoms with van der Waals surface area (Å²) >= 11 is 0. The lowest BCUT2D eigenvalue weighted by atomic mass is 9.98. The summed E-state index contributed by atoms with van der Waals surface area (Å²) in [7, 11) is 1.61. The molecule has 33 heavy (non-hydrogen) atoms. The van der Waals surface area contributed by atoms with Crippen LogP contribution >= 0.6 is 0 Å². The summed E-state index contributed by atoms with van der Waals surface area (Å²) < 4.78 is 5.21. The Balaban J connectivity index is 1.44. The van der Waals surface area contributed by atoms with Crippen molar-refractivity contribution in [2.24, 2.45) is 0 Å². The molecule has 0 saturated carbocycles. The van der Waals surface area contributed by atoms with Gasteiger partial charge in [0.2, 0.25) is 0 Å². The Hall–Kier alpha value is -4.45. The average Bonchev–Trinajstić information content (AvgIpc) is 3.44. The first-order chi connectivity index (χ1) is 16.2. The van der Waals surface area contributed by atoms with Crippen molar-refractivity contribution in [3.8, 4) is 28.3 Å². The molecule has 2 heterocycles. The smallest absolute Gasteiger partial charge is 0.252 e. The van der Waals surface area contributed by atoms with E-state index in [0.717, 1.165) is 44.7 Å². The van der Waals surface area contributed by atoms with Crippen molar-refractivity contribution in [3.05, 3.63) is 102 Å². The van der Waals surface area contributed by atoms with Crippen molar-refractivity contribution in [2.45, 2.75) is 6.04 Å². The highest BCUT2D eigenvalue weighted by Gasteiger charge is 2.32. The highest BCUT2D eigenvalue weighted by Crippen LogP contribution is 2.47. The summed E-state index contributed by atoms with van der Waals surface area (Å²) in [6.45, 7) is 0. The number of pyridine rings is 1. The van der Waals surface area contributed by atoms with Crippen LogP contribution in [0.15, 0.2) is 85.2 Å². The summed E-state index contributed by atoms with van der Waals surface area (Å²) in [5.74, 6) is 1.37. The fraction of sp³-hybridized carbons (Fsp3) is 0.0741. The van der Waals surface area contributed by atoms with Gasteiger partial charge >= 0.3 is 0 Å². The third-order valence-corrected chi connectivity index (χ3v) is 6.11. The van der Waals surface area contributed by atoms with Gasteiger partial charge in [0, 0.05) is 17.3 Å². The second kappa shape index (κ2) is 7.60. The molecule has 0 bridgehead atoms. The molecule has 0 aliphatic heterocycles. The van der Waals surface area contributed by atoms with Gasteiger partial charge in [-0.15, -0.1) is 0 Å². The summed E-state index contributed by atoms with van der Waals surface area (Å²) in [4.78, 5) is 25.5. The predicted octanol–water partition coefficient (Wildman–Crippen LogP) is 5.13. The number of aromatic amines is 1. The van der Waals surface area contributed by atoms with Gasteiger partial charge in [0.25, 0.3) is 5.91 Å². The fourth-order valence-corrected chi connectivity index (χ4v) is 4.55. The number of nitrogens with zero attached hydrogens (tertiary/aromatic N) is 2. The van der Waals surface area contributed by atoms with Crippen molar-refractivity contribution in [3.63, 3.8) is 0 Å². The van der Waals surface area contributed by atoms with Crippen molar-refractivity contribution in [1.82, 2.24) is 20.3 Å². The average molecular weight is 432 g/mol. The molecule has 0 saturated heterocycles. The highest BCUT2D eigenvalue weighted by molar-refractivity contribution is 5.97. The first-order valence-corrected chi connectivity index (χ1v) is 10.7. The third kappa shape index (κ3) is 3.15. The Bertz CT molecular complexity index is 1470. The molecule has 0 fully saturated rings. The van der Waals surface area contributed by atoms with E-state index in [-0.39, 0.29) is 11.9 Å². The van der Waals surface area contributed by atoms with Gasteiger partial charge in [-0.3, -0.25) is 9.78 Å². The van der Waals surface area contributed by atoms with Crippen molar-refractivity contribution in [2.75, 3.05) is 7.11 Å². The number of H-pyrrole nitrogens is 1. The Morgan fingerprint density at radius 1 is 0.939 bits per heavy atom. The number of amides is 1. The summed E-state index contributed by atoms with van der Waals surface area (Å²) in [5.41, 5.74) is 7.64. The van der Waals surface area contributed by atoms with Crippen LogP contribution in [0.2, 0.25) is 0 Å².